The van der Waals surface area contributed by atoms with E-state index in [9.17, 15) is 9.90 Å². The summed E-state index contributed by atoms with van der Waals surface area (Å²) in [6.07, 6.45) is 7.76. The highest BCUT2D eigenvalue weighted by molar-refractivity contribution is 5.82. The molecular formula is C15H25NO2. The fourth-order valence-electron chi connectivity index (χ4n) is 4.37. The van der Waals surface area contributed by atoms with Gasteiger partial charge in [0.25, 0.3) is 0 Å². The highest BCUT2D eigenvalue weighted by Gasteiger charge is 2.56. The zero-order valence-corrected chi connectivity index (χ0v) is 11.3. The Morgan fingerprint density at radius 3 is 2.67 bits per heavy atom. The lowest BCUT2D eigenvalue weighted by Crippen LogP contribution is -2.46. The van der Waals surface area contributed by atoms with Crippen LogP contribution in [0, 0.1) is 23.7 Å². The number of amides is 1. The standard InChI is InChI=1S/C15H25NO2/c1-10-4-3-7-15(18,8-10)9-16-14(17)13-11-5-2-6-12(11)13/h10-13,18H,2-9H2,1H3,(H,16,17). The van der Waals surface area contributed by atoms with Crippen molar-refractivity contribution >= 4 is 5.91 Å². The van der Waals surface area contributed by atoms with Crippen LogP contribution in [0.1, 0.15) is 51.9 Å². The Labute approximate surface area is 109 Å². The minimum atomic E-state index is -0.642. The number of rotatable bonds is 3. The smallest absolute Gasteiger partial charge is 0.223 e. The number of hydrogen-bond acceptors (Lipinski definition) is 2. The summed E-state index contributed by atoms with van der Waals surface area (Å²) in [7, 11) is 0. The van der Waals surface area contributed by atoms with Gasteiger partial charge in [-0.25, -0.2) is 0 Å². The molecule has 0 aromatic carbocycles. The number of nitrogens with one attached hydrogen (secondary N) is 1. The zero-order chi connectivity index (χ0) is 12.8. The van der Waals surface area contributed by atoms with Gasteiger partial charge < -0.3 is 10.4 Å². The van der Waals surface area contributed by atoms with Gasteiger partial charge >= 0.3 is 0 Å². The van der Waals surface area contributed by atoms with Crippen molar-refractivity contribution in [1.82, 2.24) is 5.32 Å². The number of hydrogen-bond donors (Lipinski definition) is 2. The third-order valence-electron chi connectivity index (χ3n) is 5.37. The van der Waals surface area contributed by atoms with Crippen LogP contribution >= 0.6 is 0 Å². The summed E-state index contributed by atoms with van der Waals surface area (Å²) in [5.41, 5.74) is -0.642. The highest BCUT2D eigenvalue weighted by Crippen LogP contribution is 2.57. The van der Waals surface area contributed by atoms with Crippen LogP contribution in [0.5, 0.6) is 0 Å². The summed E-state index contributed by atoms with van der Waals surface area (Å²) < 4.78 is 0. The second-order valence-corrected chi connectivity index (χ2v) is 6.93. The van der Waals surface area contributed by atoms with Gasteiger partial charge in [-0.05, 0) is 43.4 Å². The van der Waals surface area contributed by atoms with E-state index in [1.165, 1.54) is 25.7 Å². The van der Waals surface area contributed by atoms with E-state index in [1.807, 2.05) is 0 Å². The Morgan fingerprint density at radius 1 is 1.28 bits per heavy atom. The maximum atomic E-state index is 12.1. The molecule has 4 atom stereocenters. The minimum Gasteiger partial charge on any atom is -0.388 e. The molecular weight excluding hydrogens is 226 g/mol. The third kappa shape index (κ3) is 2.29. The molecule has 3 heteroatoms. The van der Waals surface area contributed by atoms with E-state index in [4.69, 9.17) is 0 Å². The van der Waals surface area contributed by atoms with Crippen LogP contribution in [0.4, 0.5) is 0 Å². The third-order valence-corrected chi connectivity index (χ3v) is 5.37. The van der Waals surface area contributed by atoms with Gasteiger partial charge in [-0.15, -0.1) is 0 Å². The molecule has 0 bridgehead atoms. The van der Waals surface area contributed by atoms with E-state index in [-0.39, 0.29) is 11.8 Å². The molecule has 4 unspecified atom stereocenters. The average molecular weight is 251 g/mol. The monoisotopic (exact) mass is 251 g/mol. The molecule has 0 spiro atoms. The summed E-state index contributed by atoms with van der Waals surface area (Å²) in [6.45, 7) is 2.66. The van der Waals surface area contributed by atoms with Gasteiger partial charge in [-0.1, -0.05) is 26.2 Å². The molecule has 0 saturated heterocycles. The van der Waals surface area contributed by atoms with Crippen LogP contribution in [-0.2, 0) is 4.79 Å². The number of aliphatic hydroxyl groups is 1. The van der Waals surface area contributed by atoms with Gasteiger partial charge in [-0.2, -0.15) is 0 Å². The van der Waals surface area contributed by atoms with Gasteiger partial charge in [0, 0.05) is 12.5 Å². The molecule has 3 aliphatic carbocycles. The summed E-state index contributed by atoms with van der Waals surface area (Å²) in [5, 5.41) is 13.5. The molecule has 3 aliphatic rings. The van der Waals surface area contributed by atoms with Crippen molar-refractivity contribution in [3.63, 3.8) is 0 Å². The zero-order valence-electron chi connectivity index (χ0n) is 11.3. The van der Waals surface area contributed by atoms with Crippen molar-refractivity contribution in [2.24, 2.45) is 23.7 Å². The van der Waals surface area contributed by atoms with Crippen LogP contribution < -0.4 is 5.32 Å². The van der Waals surface area contributed by atoms with Gasteiger partial charge in [0.1, 0.15) is 0 Å². The first kappa shape index (κ1) is 12.5. The summed E-state index contributed by atoms with van der Waals surface area (Å²) in [4.78, 5) is 12.1. The lowest BCUT2D eigenvalue weighted by Gasteiger charge is -2.35. The number of carbonyl (C=O) groups excluding carboxylic acids is 1. The fraction of sp³-hybridized carbons (Fsp3) is 0.933. The Balaban J connectivity index is 1.47. The molecule has 0 aromatic heterocycles. The fourth-order valence-corrected chi connectivity index (χ4v) is 4.37. The molecule has 102 valence electrons. The minimum absolute atomic E-state index is 0.205. The van der Waals surface area contributed by atoms with E-state index in [0.29, 0.717) is 24.3 Å². The first-order valence-corrected chi connectivity index (χ1v) is 7.59. The number of carbonyl (C=O) groups is 1. The largest absolute Gasteiger partial charge is 0.388 e. The van der Waals surface area contributed by atoms with Crippen LogP contribution in [0.25, 0.3) is 0 Å². The van der Waals surface area contributed by atoms with Crippen LogP contribution in [-0.4, -0.2) is 23.2 Å². The maximum Gasteiger partial charge on any atom is 0.223 e. The Kier molecular flexibility index (Phi) is 3.13. The molecule has 0 aliphatic heterocycles. The van der Waals surface area contributed by atoms with E-state index in [1.54, 1.807) is 0 Å². The molecule has 2 N–H and O–H groups in total. The van der Waals surface area contributed by atoms with Crippen molar-refractivity contribution in [2.45, 2.75) is 57.5 Å². The molecule has 3 saturated carbocycles. The summed E-state index contributed by atoms with van der Waals surface area (Å²) in [6, 6.07) is 0. The van der Waals surface area contributed by atoms with Gasteiger partial charge in [0.05, 0.1) is 5.60 Å². The van der Waals surface area contributed by atoms with Crippen molar-refractivity contribution in [2.75, 3.05) is 6.54 Å². The van der Waals surface area contributed by atoms with Crippen LogP contribution in [0.3, 0.4) is 0 Å². The van der Waals surface area contributed by atoms with Crippen molar-refractivity contribution in [3.8, 4) is 0 Å². The van der Waals surface area contributed by atoms with E-state index < -0.39 is 5.60 Å². The van der Waals surface area contributed by atoms with Crippen molar-refractivity contribution in [3.05, 3.63) is 0 Å². The lowest BCUT2D eigenvalue weighted by atomic mass is 9.79. The Morgan fingerprint density at radius 2 is 2.00 bits per heavy atom. The molecule has 3 fully saturated rings. The molecule has 0 heterocycles. The summed E-state index contributed by atoms with van der Waals surface area (Å²) >= 11 is 0. The molecule has 3 rings (SSSR count). The molecule has 1 amide bonds. The predicted molar refractivity (Wildman–Crippen MR) is 69.9 cm³/mol. The topological polar surface area (TPSA) is 49.3 Å². The van der Waals surface area contributed by atoms with Crippen molar-refractivity contribution in [1.29, 1.82) is 0 Å². The van der Waals surface area contributed by atoms with E-state index in [0.717, 1.165) is 19.3 Å². The number of fused-ring (bicyclic) bond motifs is 1. The van der Waals surface area contributed by atoms with Crippen LogP contribution in [0.15, 0.2) is 0 Å². The van der Waals surface area contributed by atoms with Crippen molar-refractivity contribution < 1.29 is 9.90 Å². The normalized spacial score (nSPS) is 46.6. The first-order valence-electron chi connectivity index (χ1n) is 7.59. The van der Waals surface area contributed by atoms with Gasteiger partial charge in [-0.3, -0.25) is 4.79 Å². The first-order chi connectivity index (χ1) is 8.59. The quantitative estimate of drug-likeness (QED) is 0.807. The predicted octanol–water partition coefficient (Wildman–Crippen LogP) is 2.09. The Hall–Kier alpha value is -0.570. The highest BCUT2D eigenvalue weighted by atomic mass is 16.3. The van der Waals surface area contributed by atoms with Gasteiger partial charge in [0.15, 0.2) is 0 Å². The molecule has 0 aromatic rings. The molecule has 18 heavy (non-hydrogen) atoms. The molecule has 3 nitrogen and oxygen atoms in total. The average Bonchev–Trinajstić information content (AvgIpc) is 2.79. The van der Waals surface area contributed by atoms with E-state index >= 15 is 0 Å². The summed E-state index contributed by atoms with van der Waals surface area (Å²) in [5.74, 6) is 2.41. The Bertz CT molecular complexity index is 333. The molecule has 0 radical (unpaired) electrons. The SMILES string of the molecule is CC1CCCC(O)(CNC(=O)C2C3CCCC32)C1. The van der Waals surface area contributed by atoms with E-state index in [2.05, 4.69) is 12.2 Å². The maximum absolute atomic E-state index is 12.1. The lowest BCUT2D eigenvalue weighted by molar-refractivity contribution is -0.125. The van der Waals surface area contributed by atoms with Crippen LogP contribution in [0.2, 0.25) is 0 Å². The second-order valence-electron chi connectivity index (χ2n) is 6.93. The second kappa shape index (κ2) is 4.52. The van der Waals surface area contributed by atoms with Gasteiger partial charge in [0.2, 0.25) is 5.91 Å².